The molecule has 7 heteroatoms. The zero-order chi connectivity index (χ0) is 19.2. The number of piperidine rings is 1. The van der Waals surface area contributed by atoms with Crippen LogP contribution in [0.5, 0.6) is 0 Å². The summed E-state index contributed by atoms with van der Waals surface area (Å²) in [5.74, 6) is 0.748. The van der Waals surface area contributed by atoms with E-state index in [2.05, 4.69) is 21.9 Å². The predicted octanol–water partition coefficient (Wildman–Crippen LogP) is 2.35. The minimum Gasteiger partial charge on any atom is -0.469 e. The van der Waals surface area contributed by atoms with Gasteiger partial charge in [-0.05, 0) is 39.5 Å². The molecule has 0 bridgehead atoms. The van der Waals surface area contributed by atoms with Crippen molar-refractivity contribution in [2.45, 2.75) is 58.8 Å². The molecule has 0 atom stereocenters. The highest BCUT2D eigenvalue weighted by molar-refractivity contribution is 5.80. The van der Waals surface area contributed by atoms with E-state index in [0.717, 1.165) is 70.7 Å². The van der Waals surface area contributed by atoms with Gasteiger partial charge in [0.25, 0.3) is 0 Å². The summed E-state index contributed by atoms with van der Waals surface area (Å²) in [7, 11) is 1.43. The van der Waals surface area contributed by atoms with Gasteiger partial charge in [-0.3, -0.25) is 14.6 Å². The van der Waals surface area contributed by atoms with Gasteiger partial charge in [-0.2, -0.15) is 0 Å². The lowest BCUT2D eigenvalue weighted by atomic mass is 9.97. The zero-order valence-electron chi connectivity index (χ0n) is 16.6. The van der Waals surface area contributed by atoms with Crippen molar-refractivity contribution in [3.8, 4) is 0 Å². The number of ether oxygens (including phenoxy) is 2. The average Bonchev–Trinajstić information content (AvgIpc) is 2.66. The number of nitrogens with zero attached hydrogens (tertiary/aromatic N) is 2. The number of hydrogen-bond acceptors (Lipinski definition) is 5. The van der Waals surface area contributed by atoms with E-state index in [1.54, 1.807) is 0 Å². The summed E-state index contributed by atoms with van der Waals surface area (Å²) < 4.78 is 9.76. The van der Waals surface area contributed by atoms with Crippen molar-refractivity contribution in [3.63, 3.8) is 0 Å². The van der Waals surface area contributed by atoms with Crippen molar-refractivity contribution in [1.29, 1.82) is 0 Å². The molecule has 26 heavy (non-hydrogen) atoms. The molecule has 0 aromatic carbocycles. The number of hydrogen-bond donors (Lipinski definition) is 1. The predicted molar refractivity (Wildman–Crippen MR) is 102 cm³/mol. The smallest absolute Gasteiger partial charge is 0.309 e. The Labute approximate surface area is 157 Å². The molecule has 0 aromatic heterocycles. The van der Waals surface area contributed by atoms with Crippen molar-refractivity contribution in [2.24, 2.45) is 10.9 Å². The molecule has 0 spiro atoms. The van der Waals surface area contributed by atoms with Gasteiger partial charge in [0.05, 0.1) is 19.6 Å². The van der Waals surface area contributed by atoms with E-state index in [0.29, 0.717) is 13.0 Å². The largest absolute Gasteiger partial charge is 0.469 e. The SMILES string of the molecule is CCNC(=NCCCCCCC(=O)OC)N1CCC(C(=O)OCC)CC1. The monoisotopic (exact) mass is 369 g/mol. The first kappa shape index (κ1) is 22.3. The van der Waals surface area contributed by atoms with Crippen LogP contribution in [0, 0.1) is 5.92 Å². The molecule has 150 valence electrons. The third-order valence-electron chi connectivity index (χ3n) is 4.53. The van der Waals surface area contributed by atoms with Crippen molar-refractivity contribution >= 4 is 17.9 Å². The maximum atomic E-state index is 11.8. The molecule has 1 heterocycles. The fourth-order valence-corrected chi connectivity index (χ4v) is 3.03. The van der Waals surface area contributed by atoms with E-state index >= 15 is 0 Å². The van der Waals surface area contributed by atoms with Crippen LogP contribution in [0.4, 0.5) is 0 Å². The number of carbonyl (C=O) groups is 2. The highest BCUT2D eigenvalue weighted by Crippen LogP contribution is 2.18. The molecule has 0 unspecified atom stereocenters. The number of rotatable bonds is 10. The van der Waals surface area contributed by atoms with Crippen LogP contribution in [-0.2, 0) is 19.1 Å². The van der Waals surface area contributed by atoms with E-state index in [9.17, 15) is 9.59 Å². The molecule has 1 aliphatic heterocycles. The molecule has 1 fully saturated rings. The molecular formula is C19H35N3O4. The first-order valence-electron chi connectivity index (χ1n) is 9.89. The van der Waals surface area contributed by atoms with Crippen molar-refractivity contribution < 1.29 is 19.1 Å². The number of aliphatic imine (C=N–C) groups is 1. The number of methoxy groups -OCH3 is 1. The number of nitrogens with one attached hydrogen (secondary N) is 1. The molecule has 0 aliphatic carbocycles. The Hall–Kier alpha value is -1.79. The Bertz CT molecular complexity index is 446. The number of unbranched alkanes of at least 4 members (excludes halogenated alkanes) is 3. The molecular weight excluding hydrogens is 334 g/mol. The van der Waals surface area contributed by atoms with Gasteiger partial charge in [-0.15, -0.1) is 0 Å². The molecule has 0 saturated carbocycles. The van der Waals surface area contributed by atoms with Crippen molar-refractivity contribution in [3.05, 3.63) is 0 Å². The van der Waals surface area contributed by atoms with E-state index in [1.165, 1.54) is 7.11 Å². The van der Waals surface area contributed by atoms with E-state index < -0.39 is 0 Å². The summed E-state index contributed by atoms with van der Waals surface area (Å²) in [5, 5.41) is 3.34. The summed E-state index contributed by atoms with van der Waals surface area (Å²) in [6.07, 6.45) is 6.09. The van der Waals surface area contributed by atoms with Gasteiger partial charge < -0.3 is 19.7 Å². The standard InChI is InChI=1S/C19H35N3O4/c1-4-20-19(21-13-9-7-6-8-10-17(23)25-3)22-14-11-16(12-15-22)18(24)26-5-2/h16H,4-15H2,1-3H3,(H,20,21). The Kier molecular flexibility index (Phi) is 11.5. The minimum atomic E-state index is -0.135. The first-order valence-corrected chi connectivity index (χ1v) is 9.89. The van der Waals surface area contributed by atoms with Crippen LogP contribution in [0.1, 0.15) is 58.8 Å². The fraction of sp³-hybridized carbons (Fsp3) is 0.842. The van der Waals surface area contributed by atoms with Crippen LogP contribution in [-0.4, -0.2) is 62.7 Å². The minimum absolute atomic E-state index is 0.0175. The van der Waals surface area contributed by atoms with Gasteiger partial charge in [-0.25, -0.2) is 0 Å². The number of esters is 2. The normalized spacial score (nSPS) is 15.7. The fourth-order valence-electron chi connectivity index (χ4n) is 3.03. The molecule has 0 aromatic rings. The number of carbonyl (C=O) groups excluding carboxylic acids is 2. The maximum Gasteiger partial charge on any atom is 0.309 e. The van der Waals surface area contributed by atoms with Crippen LogP contribution >= 0.6 is 0 Å². The Morgan fingerprint density at radius 2 is 1.81 bits per heavy atom. The third kappa shape index (κ3) is 8.54. The maximum absolute atomic E-state index is 11.8. The van der Waals surface area contributed by atoms with Gasteiger partial charge in [0.1, 0.15) is 0 Å². The quantitative estimate of drug-likeness (QED) is 0.276. The van der Waals surface area contributed by atoms with E-state index in [4.69, 9.17) is 9.73 Å². The van der Waals surface area contributed by atoms with E-state index in [-0.39, 0.29) is 17.9 Å². The lowest BCUT2D eigenvalue weighted by Crippen LogP contribution is -2.46. The Balaban J connectivity index is 2.31. The second-order valence-corrected chi connectivity index (χ2v) is 6.49. The lowest BCUT2D eigenvalue weighted by molar-refractivity contribution is -0.149. The Morgan fingerprint density at radius 1 is 1.12 bits per heavy atom. The van der Waals surface area contributed by atoms with Crippen LogP contribution in [0.2, 0.25) is 0 Å². The van der Waals surface area contributed by atoms with Crippen molar-refractivity contribution in [2.75, 3.05) is 39.9 Å². The van der Waals surface area contributed by atoms with Gasteiger partial charge in [0.2, 0.25) is 0 Å². The number of guanidine groups is 1. The molecule has 1 rings (SSSR count). The summed E-state index contributed by atoms with van der Waals surface area (Å²) >= 11 is 0. The first-order chi connectivity index (χ1) is 12.6. The average molecular weight is 370 g/mol. The summed E-state index contributed by atoms with van der Waals surface area (Å²) in [6.45, 7) is 7.62. The van der Waals surface area contributed by atoms with Crippen LogP contribution < -0.4 is 5.32 Å². The topological polar surface area (TPSA) is 80.2 Å². The highest BCUT2D eigenvalue weighted by atomic mass is 16.5. The van der Waals surface area contributed by atoms with E-state index in [1.807, 2.05) is 6.92 Å². The molecule has 0 amide bonds. The van der Waals surface area contributed by atoms with Gasteiger partial charge >= 0.3 is 11.9 Å². The van der Waals surface area contributed by atoms with Crippen LogP contribution in [0.25, 0.3) is 0 Å². The van der Waals surface area contributed by atoms with Gasteiger partial charge in [0.15, 0.2) is 5.96 Å². The second kappa shape index (κ2) is 13.4. The third-order valence-corrected chi connectivity index (χ3v) is 4.53. The van der Waals surface area contributed by atoms with Crippen LogP contribution in [0.3, 0.4) is 0 Å². The zero-order valence-corrected chi connectivity index (χ0v) is 16.6. The second-order valence-electron chi connectivity index (χ2n) is 6.49. The lowest BCUT2D eigenvalue weighted by Gasteiger charge is -2.33. The van der Waals surface area contributed by atoms with Gasteiger partial charge in [-0.1, -0.05) is 12.8 Å². The highest BCUT2D eigenvalue weighted by Gasteiger charge is 2.27. The molecule has 1 aliphatic rings. The Morgan fingerprint density at radius 3 is 2.42 bits per heavy atom. The molecule has 1 N–H and O–H groups in total. The van der Waals surface area contributed by atoms with Crippen LogP contribution in [0.15, 0.2) is 4.99 Å². The van der Waals surface area contributed by atoms with Gasteiger partial charge in [0, 0.05) is 32.6 Å². The molecule has 0 radical (unpaired) electrons. The molecule has 7 nitrogen and oxygen atoms in total. The summed E-state index contributed by atoms with van der Waals surface area (Å²) in [5.41, 5.74) is 0. The summed E-state index contributed by atoms with van der Waals surface area (Å²) in [4.78, 5) is 29.8. The van der Waals surface area contributed by atoms with Crippen molar-refractivity contribution in [1.82, 2.24) is 10.2 Å². The summed E-state index contributed by atoms with van der Waals surface area (Å²) in [6, 6.07) is 0. The number of likely N-dealkylation sites (tertiary alicyclic amines) is 1. The molecule has 1 saturated heterocycles.